The summed E-state index contributed by atoms with van der Waals surface area (Å²) in [6.07, 6.45) is 1.97. The van der Waals surface area contributed by atoms with Crippen LogP contribution in [0.4, 0.5) is 0 Å². The first-order valence-electron chi connectivity index (χ1n) is 6.75. The van der Waals surface area contributed by atoms with Crippen LogP contribution in [0.2, 0.25) is 0 Å². The van der Waals surface area contributed by atoms with Crippen LogP contribution < -0.4 is 0 Å². The second-order valence-electron chi connectivity index (χ2n) is 5.26. The van der Waals surface area contributed by atoms with Crippen LogP contribution >= 0.6 is 27.5 Å². The van der Waals surface area contributed by atoms with Crippen LogP contribution in [-0.2, 0) is 15.9 Å². The molecule has 112 valence electrons. The molecule has 0 bridgehead atoms. The van der Waals surface area contributed by atoms with Crippen molar-refractivity contribution in [2.24, 2.45) is 5.92 Å². The van der Waals surface area contributed by atoms with Crippen molar-refractivity contribution in [2.75, 3.05) is 13.1 Å². The van der Waals surface area contributed by atoms with Gasteiger partial charge in [0.15, 0.2) is 0 Å². The Kier molecular flexibility index (Phi) is 5.16. The highest BCUT2D eigenvalue weighted by atomic mass is 79.9. The largest absolute Gasteiger partial charge is 0.243 e. The molecule has 0 amide bonds. The molecule has 0 saturated carbocycles. The molecule has 1 aliphatic heterocycles. The summed E-state index contributed by atoms with van der Waals surface area (Å²) in [6, 6.07) is 3.57. The molecule has 0 aromatic heterocycles. The minimum absolute atomic E-state index is 0.305. The summed E-state index contributed by atoms with van der Waals surface area (Å²) in [5.74, 6) is 0.781. The van der Waals surface area contributed by atoms with Gasteiger partial charge in [0.1, 0.15) is 0 Å². The summed E-state index contributed by atoms with van der Waals surface area (Å²) in [5.41, 5.74) is 1.56. The molecule has 1 aromatic rings. The maximum Gasteiger partial charge on any atom is 0.243 e. The molecule has 1 fully saturated rings. The van der Waals surface area contributed by atoms with Crippen molar-refractivity contribution >= 4 is 37.6 Å². The molecule has 1 aliphatic rings. The van der Waals surface area contributed by atoms with Crippen molar-refractivity contribution in [3.05, 3.63) is 27.7 Å². The van der Waals surface area contributed by atoms with E-state index >= 15 is 0 Å². The zero-order valence-corrected chi connectivity index (χ0v) is 14.9. The zero-order chi connectivity index (χ0) is 14.9. The van der Waals surface area contributed by atoms with Crippen LogP contribution in [0.3, 0.4) is 0 Å². The van der Waals surface area contributed by atoms with Crippen molar-refractivity contribution in [2.45, 2.75) is 37.5 Å². The molecule has 2 rings (SSSR count). The molecule has 1 saturated heterocycles. The number of nitrogens with zero attached hydrogens (tertiary/aromatic N) is 1. The summed E-state index contributed by atoms with van der Waals surface area (Å²) in [5, 5.41) is 0. The third kappa shape index (κ3) is 3.06. The van der Waals surface area contributed by atoms with Gasteiger partial charge in [-0.05, 0) is 42.5 Å². The van der Waals surface area contributed by atoms with Gasteiger partial charge in [0.25, 0.3) is 0 Å². The molecule has 6 heteroatoms. The van der Waals surface area contributed by atoms with E-state index < -0.39 is 10.0 Å². The predicted octanol–water partition coefficient (Wildman–Crippen LogP) is 3.92. The number of benzene rings is 1. The molecule has 20 heavy (non-hydrogen) atoms. The van der Waals surface area contributed by atoms with E-state index in [1.54, 1.807) is 10.4 Å². The van der Waals surface area contributed by atoms with Gasteiger partial charge < -0.3 is 0 Å². The van der Waals surface area contributed by atoms with Crippen LogP contribution in [-0.4, -0.2) is 25.8 Å². The van der Waals surface area contributed by atoms with Crippen molar-refractivity contribution in [1.82, 2.24) is 4.31 Å². The van der Waals surface area contributed by atoms with Crippen LogP contribution in [0.25, 0.3) is 0 Å². The van der Waals surface area contributed by atoms with Gasteiger partial charge in [0.2, 0.25) is 10.0 Å². The van der Waals surface area contributed by atoms with Crippen molar-refractivity contribution in [3.8, 4) is 0 Å². The van der Waals surface area contributed by atoms with Crippen LogP contribution in [0, 0.1) is 12.8 Å². The number of sulfonamides is 1. The number of hydrogen-bond acceptors (Lipinski definition) is 2. The summed E-state index contributed by atoms with van der Waals surface area (Å²) < 4.78 is 28.0. The van der Waals surface area contributed by atoms with Gasteiger partial charge in [-0.25, -0.2) is 8.42 Å². The molecule has 0 aliphatic carbocycles. The van der Waals surface area contributed by atoms with Crippen molar-refractivity contribution < 1.29 is 8.42 Å². The molecule has 1 heterocycles. The highest BCUT2D eigenvalue weighted by molar-refractivity contribution is 9.10. The summed E-state index contributed by atoms with van der Waals surface area (Å²) in [4.78, 5) is 0.374. The number of halogens is 2. The first kappa shape index (κ1) is 16.3. The van der Waals surface area contributed by atoms with Gasteiger partial charge in [-0.1, -0.05) is 29.3 Å². The molecule has 0 N–H and O–H groups in total. The molecule has 0 spiro atoms. The number of rotatable bonds is 4. The Morgan fingerprint density at radius 1 is 1.45 bits per heavy atom. The standard InChI is InChI=1S/C14H19BrClNO2S/c1-3-11-4-5-17(9-11)20(18,19)14-7-12(8-16)6-13(15)10(14)2/h6-7,11H,3-5,8-9H2,1-2H3. The van der Waals surface area contributed by atoms with E-state index in [9.17, 15) is 8.42 Å². The minimum Gasteiger partial charge on any atom is -0.207 e. The Hall–Kier alpha value is -0.100. The molecule has 3 nitrogen and oxygen atoms in total. The molecule has 0 radical (unpaired) electrons. The van der Waals surface area contributed by atoms with E-state index in [1.165, 1.54) is 0 Å². The lowest BCUT2D eigenvalue weighted by Gasteiger charge is -2.19. The Bertz CT molecular complexity index is 603. The van der Waals surface area contributed by atoms with E-state index in [4.69, 9.17) is 11.6 Å². The minimum atomic E-state index is -3.42. The van der Waals surface area contributed by atoms with Gasteiger partial charge >= 0.3 is 0 Å². The Labute approximate surface area is 134 Å². The quantitative estimate of drug-likeness (QED) is 0.743. The van der Waals surface area contributed by atoms with E-state index in [-0.39, 0.29) is 0 Å². The molecule has 1 atom stereocenters. The Morgan fingerprint density at radius 2 is 2.15 bits per heavy atom. The Morgan fingerprint density at radius 3 is 2.70 bits per heavy atom. The van der Waals surface area contributed by atoms with E-state index in [0.717, 1.165) is 28.4 Å². The third-order valence-electron chi connectivity index (χ3n) is 3.95. The highest BCUT2D eigenvalue weighted by Gasteiger charge is 2.33. The normalized spacial score (nSPS) is 20.5. The van der Waals surface area contributed by atoms with Gasteiger partial charge in [-0.2, -0.15) is 4.31 Å². The van der Waals surface area contributed by atoms with Crippen LogP contribution in [0.5, 0.6) is 0 Å². The monoisotopic (exact) mass is 379 g/mol. The number of hydrogen-bond donors (Lipinski definition) is 0. The smallest absolute Gasteiger partial charge is 0.207 e. The molecule has 1 aromatic carbocycles. The van der Waals surface area contributed by atoms with E-state index in [2.05, 4.69) is 22.9 Å². The summed E-state index contributed by atoms with van der Waals surface area (Å²) in [7, 11) is -3.42. The topological polar surface area (TPSA) is 37.4 Å². The lowest BCUT2D eigenvalue weighted by atomic mass is 10.1. The first-order valence-corrected chi connectivity index (χ1v) is 9.52. The van der Waals surface area contributed by atoms with Gasteiger partial charge in [0.05, 0.1) is 4.90 Å². The maximum absolute atomic E-state index is 12.8. The molecule has 1 unspecified atom stereocenters. The lowest BCUT2D eigenvalue weighted by Crippen LogP contribution is -2.29. The predicted molar refractivity (Wildman–Crippen MR) is 85.6 cm³/mol. The number of alkyl halides is 1. The average Bonchev–Trinajstić information content (AvgIpc) is 2.91. The fourth-order valence-electron chi connectivity index (χ4n) is 2.54. The lowest BCUT2D eigenvalue weighted by molar-refractivity contribution is 0.452. The Balaban J connectivity index is 2.42. The SMILES string of the molecule is CCC1CCN(S(=O)(=O)c2cc(CCl)cc(Br)c2C)C1. The average molecular weight is 381 g/mol. The van der Waals surface area contributed by atoms with E-state index in [0.29, 0.717) is 29.8 Å². The summed E-state index contributed by atoms with van der Waals surface area (Å²) >= 11 is 9.27. The zero-order valence-electron chi connectivity index (χ0n) is 11.7. The van der Waals surface area contributed by atoms with Crippen LogP contribution in [0.1, 0.15) is 30.9 Å². The fraction of sp³-hybridized carbons (Fsp3) is 0.571. The van der Waals surface area contributed by atoms with Gasteiger partial charge in [0, 0.05) is 23.4 Å². The maximum atomic E-state index is 12.8. The third-order valence-corrected chi connectivity index (χ3v) is 7.08. The van der Waals surface area contributed by atoms with Gasteiger partial charge in [-0.15, -0.1) is 11.6 Å². The van der Waals surface area contributed by atoms with E-state index in [1.807, 2.05) is 13.0 Å². The fourth-order valence-corrected chi connectivity index (χ4v) is 5.16. The molecular weight excluding hydrogens is 362 g/mol. The first-order chi connectivity index (χ1) is 9.40. The summed E-state index contributed by atoms with van der Waals surface area (Å²) in [6.45, 7) is 5.17. The van der Waals surface area contributed by atoms with Crippen molar-refractivity contribution in [1.29, 1.82) is 0 Å². The molecular formula is C14H19BrClNO2S. The van der Waals surface area contributed by atoms with Crippen molar-refractivity contribution in [3.63, 3.8) is 0 Å². The van der Waals surface area contributed by atoms with Gasteiger partial charge in [-0.3, -0.25) is 0 Å². The second kappa shape index (κ2) is 6.34. The highest BCUT2D eigenvalue weighted by Crippen LogP contribution is 2.31. The van der Waals surface area contributed by atoms with Crippen LogP contribution in [0.15, 0.2) is 21.5 Å². The second-order valence-corrected chi connectivity index (χ2v) is 8.29.